The average molecular weight is 251 g/mol. The maximum absolute atomic E-state index is 13.6. The van der Waals surface area contributed by atoms with Gasteiger partial charge in [0.15, 0.2) is 0 Å². The Morgan fingerprint density at radius 2 is 2.11 bits per heavy atom. The lowest BCUT2D eigenvalue weighted by Crippen LogP contribution is -2.38. The SMILES string of the molecule is CC(=O)N1CC(C)Cc2cc(C(=O)O)c(F)cc21. The number of benzene rings is 1. The number of carbonyl (C=O) groups excluding carboxylic acids is 1. The number of hydrogen-bond acceptors (Lipinski definition) is 2. The van der Waals surface area contributed by atoms with Gasteiger partial charge in [0, 0.05) is 19.2 Å². The number of hydrogen-bond donors (Lipinski definition) is 1. The van der Waals surface area contributed by atoms with E-state index in [1.165, 1.54) is 17.9 Å². The van der Waals surface area contributed by atoms with Crippen molar-refractivity contribution in [1.29, 1.82) is 0 Å². The van der Waals surface area contributed by atoms with Gasteiger partial charge in [-0.1, -0.05) is 6.92 Å². The van der Waals surface area contributed by atoms with Gasteiger partial charge in [-0.25, -0.2) is 9.18 Å². The predicted molar refractivity (Wildman–Crippen MR) is 64.3 cm³/mol. The van der Waals surface area contributed by atoms with Crippen molar-refractivity contribution in [3.63, 3.8) is 0 Å². The Morgan fingerprint density at radius 1 is 1.44 bits per heavy atom. The van der Waals surface area contributed by atoms with Gasteiger partial charge in [-0.2, -0.15) is 0 Å². The maximum Gasteiger partial charge on any atom is 0.338 e. The number of amides is 1. The van der Waals surface area contributed by atoms with Crippen molar-refractivity contribution >= 4 is 17.6 Å². The van der Waals surface area contributed by atoms with E-state index >= 15 is 0 Å². The van der Waals surface area contributed by atoms with Gasteiger partial charge in [0.05, 0.1) is 5.56 Å². The number of carbonyl (C=O) groups is 2. The number of halogens is 1. The summed E-state index contributed by atoms with van der Waals surface area (Å²) in [7, 11) is 0. The molecule has 1 aliphatic heterocycles. The number of carboxylic acids is 1. The van der Waals surface area contributed by atoms with Crippen molar-refractivity contribution in [3.8, 4) is 0 Å². The standard InChI is InChI=1S/C13H14FNO3/c1-7-3-9-4-10(13(17)18)11(14)5-12(9)15(6-7)8(2)16/h4-5,7H,3,6H2,1-2H3,(H,17,18). The summed E-state index contributed by atoms with van der Waals surface area (Å²) in [6, 6.07) is 2.48. The lowest BCUT2D eigenvalue weighted by Gasteiger charge is -2.32. The molecule has 0 aliphatic carbocycles. The van der Waals surface area contributed by atoms with Gasteiger partial charge in [0.2, 0.25) is 5.91 Å². The fourth-order valence-electron chi connectivity index (χ4n) is 2.33. The fraction of sp³-hybridized carbons (Fsp3) is 0.385. The number of carboxylic acid groups (broad SMARTS) is 1. The second kappa shape index (κ2) is 4.40. The largest absolute Gasteiger partial charge is 0.478 e. The number of anilines is 1. The molecule has 1 aromatic rings. The molecule has 1 unspecified atom stereocenters. The van der Waals surface area contributed by atoms with E-state index in [-0.39, 0.29) is 17.4 Å². The number of aromatic carboxylic acids is 1. The Hall–Kier alpha value is -1.91. The van der Waals surface area contributed by atoms with Crippen molar-refractivity contribution in [2.45, 2.75) is 20.3 Å². The van der Waals surface area contributed by atoms with Crippen molar-refractivity contribution < 1.29 is 19.1 Å². The summed E-state index contributed by atoms with van der Waals surface area (Å²) in [5.41, 5.74) is 0.859. The van der Waals surface area contributed by atoms with Crippen LogP contribution in [0.1, 0.15) is 29.8 Å². The normalized spacial score (nSPS) is 18.4. The summed E-state index contributed by atoms with van der Waals surface area (Å²) < 4.78 is 13.6. The third-order valence-electron chi connectivity index (χ3n) is 3.13. The molecule has 1 N–H and O–H groups in total. The quantitative estimate of drug-likeness (QED) is 0.831. The summed E-state index contributed by atoms with van der Waals surface area (Å²) in [5, 5.41) is 8.89. The van der Waals surface area contributed by atoms with Gasteiger partial charge < -0.3 is 10.0 Å². The van der Waals surface area contributed by atoms with Crippen LogP contribution in [-0.2, 0) is 11.2 Å². The van der Waals surface area contributed by atoms with Gasteiger partial charge in [-0.3, -0.25) is 4.79 Å². The fourth-order valence-corrected chi connectivity index (χ4v) is 2.33. The Balaban J connectivity index is 2.56. The van der Waals surface area contributed by atoms with Crippen LogP contribution in [0.4, 0.5) is 10.1 Å². The molecule has 1 amide bonds. The van der Waals surface area contributed by atoms with Crippen LogP contribution in [0.25, 0.3) is 0 Å². The molecular weight excluding hydrogens is 237 g/mol. The van der Waals surface area contributed by atoms with Crippen molar-refractivity contribution in [3.05, 3.63) is 29.1 Å². The third kappa shape index (κ3) is 2.08. The maximum atomic E-state index is 13.6. The number of nitrogens with zero attached hydrogens (tertiary/aromatic N) is 1. The molecule has 2 rings (SSSR count). The lowest BCUT2D eigenvalue weighted by atomic mass is 9.92. The van der Waals surface area contributed by atoms with Crippen LogP contribution in [0, 0.1) is 11.7 Å². The van der Waals surface area contributed by atoms with Gasteiger partial charge in [-0.05, 0) is 30.0 Å². The van der Waals surface area contributed by atoms with E-state index in [1.807, 2.05) is 6.92 Å². The zero-order valence-corrected chi connectivity index (χ0v) is 10.2. The third-order valence-corrected chi connectivity index (χ3v) is 3.13. The van der Waals surface area contributed by atoms with Crippen LogP contribution in [-0.4, -0.2) is 23.5 Å². The first-order valence-corrected chi connectivity index (χ1v) is 5.74. The van der Waals surface area contributed by atoms with E-state index in [2.05, 4.69) is 0 Å². The molecular formula is C13H14FNO3. The average Bonchev–Trinajstić information content (AvgIpc) is 2.27. The summed E-state index contributed by atoms with van der Waals surface area (Å²) in [6.45, 7) is 3.93. The molecule has 0 radical (unpaired) electrons. The molecule has 0 saturated heterocycles. The second-order valence-corrected chi connectivity index (χ2v) is 4.70. The lowest BCUT2D eigenvalue weighted by molar-refractivity contribution is -0.116. The van der Waals surface area contributed by atoms with Crippen LogP contribution in [0.5, 0.6) is 0 Å². The van der Waals surface area contributed by atoms with E-state index < -0.39 is 11.8 Å². The summed E-state index contributed by atoms with van der Waals surface area (Å²) >= 11 is 0. The minimum atomic E-state index is -1.29. The van der Waals surface area contributed by atoms with Gasteiger partial charge in [0.1, 0.15) is 5.82 Å². The van der Waals surface area contributed by atoms with Gasteiger partial charge in [0.25, 0.3) is 0 Å². The van der Waals surface area contributed by atoms with Crippen molar-refractivity contribution in [2.24, 2.45) is 5.92 Å². The zero-order chi connectivity index (χ0) is 13.4. The molecule has 1 aromatic carbocycles. The first-order chi connectivity index (χ1) is 8.40. The molecule has 0 saturated carbocycles. The van der Waals surface area contributed by atoms with Crippen LogP contribution in [0.2, 0.25) is 0 Å². The Labute approximate surface area is 104 Å². The Kier molecular flexibility index (Phi) is 3.07. The molecule has 0 spiro atoms. The number of fused-ring (bicyclic) bond motifs is 1. The highest BCUT2D eigenvalue weighted by Crippen LogP contribution is 2.32. The molecule has 1 heterocycles. The van der Waals surface area contributed by atoms with Gasteiger partial charge >= 0.3 is 5.97 Å². The highest BCUT2D eigenvalue weighted by atomic mass is 19.1. The molecule has 96 valence electrons. The molecule has 0 bridgehead atoms. The summed E-state index contributed by atoms with van der Waals surface area (Å²) in [5.74, 6) is -2.02. The molecule has 4 nitrogen and oxygen atoms in total. The van der Waals surface area contributed by atoms with Crippen molar-refractivity contribution in [1.82, 2.24) is 0 Å². The minimum absolute atomic E-state index is 0.162. The van der Waals surface area contributed by atoms with E-state index in [9.17, 15) is 14.0 Å². The first kappa shape index (κ1) is 12.5. The van der Waals surface area contributed by atoms with E-state index in [4.69, 9.17) is 5.11 Å². The molecule has 0 aromatic heterocycles. The second-order valence-electron chi connectivity index (χ2n) is 4.70. The summed E-state index contributed by atoms with van der Waals surface area (Å²) in [4.78, 5) is 23.9. The first-order valence-electron chi connectivity index (χ1n) is 5.74. The number of rotatable bonds is 1. The zero-order valence-electron chi connectivity index (χ0n) is 10.2. The highest BCUT2D eigenvalue weighted by Gasteiger charge is 2.27. The van der Waals surface area contributed by atoms with Crippen LogP contribution < -0.4 is 4.90 Å². The highest BCUT2D eigenvalue weighted by molar-refractivity contribution is 5.95. The van der Waals surface area contributed by atoms with Gasteiger partial charge in [-0.15, -0.1) is 0 Å². The van der Waals surface area contributed by atoms with Crippen LogP contribution >= 0.6 is 0 Å². The minimum Gasteiger partial charge on any atom is -0.478 e. The molecule has 0 fully saturated rings. The monoisotopic (exact) mass is 251 g/mol. The molecule has 1 aliphatic rings. The Morgan fingerprint density at radius 3 is 2.67 bits per heavy atom. The van der Waals surface area contributed by atoms with E-state index in [1.54, 1.807) is 0 Å². The van der Waals surface area contributed by atoms with E-state index in [0.717, 1.165) is 6.07 Å². The van der Waals surface area contributed by atoms with E-state index in [0.29, 0.717) is 24.2 Å². The summed E-state index contributed by atoms with van der Waals surface area (Å²) in [6.07, 6.45) is 0.652. The van der Waals surface area contributed by atoms with Crippen LogP contribution in [0.15, 0.2) is 12.1 Å². The predicted octanol–water partition coefficient (Wildman–Crippen LogP) is 2.07. The molecule has 5 heteroatoms. The molecule has 1 atom stereocenters. The topological polar surface area (TPSA) is 57.6 Å². The smallest absolute Gasteiger partial charge is 0.338 e. The molecule has 18 heavy (non-hydrogen) atoms. The van der Waals surface area contributed by atoms with Crippen LogP contribution in [0.3, 0.4) is 0 Å². The van der Waals surface area contributed by atoms with Crippen molar-refractivity contribution in [2.75, 3.05) is 11.4 Å². The Bertz CT molecular complexity index is 527.